The topological polar surface area (TPSA) is 60.9 Å². The highest BCUT2D eigenvalue weighted by atomic mass is 15.4. The molecule has 30 heavy (non-hydrogen) atoms. The van der Waals surface area contributed by atoms with Gasteiger partial charge in [-0.25, -0.2) is 9.36 Å². The van der Waals surface area contributed by atoms with E-state index in [2.05, 4.69) is 51.7 Å². The number of rotatable bonds is 5. The predicted molar refractivity (Wildman–Crippen MR) is 117 cm³/mol. The number of hydrogen-bond donors (Lipinski definition) is 0. The van der Waals surface area contributed by atoms with Crippen molar-refractivity contribution < 1.29 is 0 Å². The maximum atomic E-state index is 4.84. The molecule has 0 unspecified atom stereocenters. The van der Waals surface area contributed by atoms with Crippen molar-refractivity contribution in [1.29, 1.82) is 0 Å². The molecule has 0 amide bonds. The van der Waals surface area contributed by atoms with E-state index in [-0.39, 0.29) is 0 Å². The van der Waals surface area contributed by atoms with Gasteiger partial charge in [-0.05, 0) is 23.3 Å². The van der Waals surface area contributed by atoms with Crippen molar-refractivity contribution in [1.82, 2.24) is 24.7 Å². The van der Waals surface area contributed by atoms with Crippen LogP contribution in [0.4, 0.5) is 0 Å². The van der Waals surface area contributed by atoms with Gasteiger partial charge in [0.2, 0.25) is 0 Å². The normalized spacial score (nSPS) is 11.2. The van der Waals surface area contributed by atoms with Gasteiger partial charge in [-0.15, -0.1) is 10.2 Å². The second-order valence-corrected chi connectivity index (χ2v) is 6.74. The lowest BCUT2D eigenvalue weighted by Crippen LogP contribution is -1.94. The van der Waals surface area contributed by atoms with E-state index in [4.69, 9.17) is 5.10 Å². The van der Waals surface area contributed by atoms with Gasteiger partial charge in [0.1, 0.15) is 18.3 Å². The zero-order valence-electron chi connectivity index (χ0n) is 16.1. The van der Waals surface area contributed by atoms with Crippen LogP contribution in [-0.4, -0.2) is 30.9 Å². The Morgan fingerprint density at radius 2 is 1.27 bits per heavy atom. The summed E-state index contributed by atoms with van der Waals surface area (Å²) in [5, 5.41) is 16.8. The van der Waals surface area contributed by atoms with Crippen LogP contribution in [0.3, 0.4) is 0 Å². The molecule has 2 aromatic heterocycles. The zero-order valence-corrected chi connectivity index (χ0v) is 16.1. The van der Waals surface area contributed by atoms with Crippen molar-refractivity contribution in [3.8, 4) is 28.1 Å². The third kappa shape index (κ3) is 3.66. The van der Waals surface area contributed by atoms with Crippen LogP contribution in [-0.2, 0) is 0 Å². The smallest absolute Gasteiger partial charge is 0.141 e. The number of hydrogen-bond acceptors (Lipinski definition) is 4. The number of benzene rings is 3. The van der Waals surface area contributed by atoms with Gasteiger partial charge in [-0.1, -0.05) is 72.8 Å². The molecule has 0 saturated heterocycles. The van der Waals surface area contributed by atoms with Gasteiger partial charge in [0.25, 0.3) is 0 Å². The van der Waals surface area contributed by atoms with Crippen molar-refractivity contribution in [2.24, 2.45) is 5.10 Å². The molecule has 0 saturated carbocycles. The highest BCUT2D eigenvalue weighted by molar-refractivity contribution is 5.89. The Morgan fingerprint density at radius 3 is 1.97 bits per heavy atom. The molecule has 2 heterocycles. The highest BCUT2D eigenvalue weighted by Gasteiger charge is 2.11. The minimum Gasteiger partial charge on any atom is -0.240 e. The summed E-state index contributed by atoms with van der Waals surface area (Å²) in [6.07, 6.45) is 6.85. The molecule has 0 bridgehead atoms. The van der Waals surface area contributed by atoms with Crippen molar-refractivity contribution in [2.75, 3.05) is 0 Å². The second-order valence-electron chi connectivity index (χ2n) is 6.74. The Balaban J connectivity index is 1.55. The summed E-state index contributed by atoms with van der Waals surface area (Å²) in [5.74, 6) is 0. The van der Waals surface area contributed by atoms with E-state index in [1.165, 1.54) is 11.1 Å². The van der Waals surface area contributed by atoms with Crippen LogP contribution >= 0.6 is 0 Å². The van der Waals surface area contributed by atoms with E-state index in [0.29, 0.717) is 0 Å². The Kier molecular flexibility index (Phi) is 4.72. The van der Waals surface area contributed by atoms with E-state index < -0.39 is 0 Å². The first-order valence-electron chi connectivity index (χ1n) is 9.57. The van der Waals surface area contributed by atoms with Gasteiger partial charge in [-0.3, -0.25) is 0 Å². The Bertz CT molecular complexity index is 1250. The summed E-state index contributed by atoms with van der Waals surface area (Å²) in [6.45, 7) is 0. The molecule has 0 atom stereocenters. The summed E-state index contributed by atoms with van der Waals surface area (Å²) < 4.78 is 3.43. The van der Waals surface area contributed by atoms with E-state index in [1.54, 1.807) is 23.5 Å². The molecule has 0 N–H and O–H groups in total. The fourth-order valence-corrected chi connectivity index (χ4v) is 3.25. The quantitative estimate of drug-likeness (QED) is 0.409. The Hall–Kier alpha value is -4.32. The molecule has 6 heteroatoms. The molecule has 5 aromatic rings. The third-order valence-corrected chi connectivity index (χ3v) is 4.77. The van der Waals surface area contributed by atoms with Crippen LogP contribution < -0.4 is 0 Å². The predicted octanol–water partition coefficient (Wildman–Crippen LogP) is 4.68. The summed E-state index contributed by atoms with van der Waals surface area (Å²) in [4.78, 5) is 0. The zero-order chi connectivity index (χ0) is 20.2. The average molecular weight is 390 g/mol. The van der Waals surface area contributed by atoms with Crippen LogP contribution in [0.1, 0.15) is 5.56 Å². The van der Waals surface area contributed by atoms with Crippen LogP contribution in [0.5, 0.6) is 0 Å². The van der Waals surface area contributed by atoms with E-state index >= 15 is 0 Å². The molecule has 0 spiro atoms. The molecule has 0 aliphatic heterocycles. The SMILES string of the molecule is C(=N/n1cnnc1)/c1cn(-c2ccccc2)nc1-c1ccc(-c2ccccc2)cc1. The minimum atomic E-state index is 0.857. The highest BCUT2D eigenvalue weighted by Crippen LogP contribution is 2.26. The molecule has 3 aromatic carbocycles. The lowest BCUT2D eigenvalue weighted by molar-refractivity contribution is 0.877. The number of aromatic nitrogens is 5. The molecule has 5 rings (SSSR count). The molecule has 0 aliphatic carbocycles. The van der Waals surface area contributed by atoms with Crippen molar-refractivity contribution in [3.05, 3.63) is 109 Å². The maximum Gasteiger partial charge on any atom is 0.141 e. The fraction of sp³-hybridized carbons (Fsp3) is 0. The van der Waals surface area contributed by atoms with Gasteiger partial charge in [0, 0.05) is 17.3 Å². The molecule has 144 valence electrons. The summed E-state index contributed by atoms with van der Waals surface area (Å²) in [5.41, 5.74) is 6.13. The van der Waals surface area contributed by atoms with Gasteiger partial charge < -0.3 is 0 Å². The first-order valence-corrected chi connectivity index (χ1v) is 9.57. The monoisotopic (exact) mass is 390 g/mol. The number of para-hydroxylation sites is 1. The van der Waals surface area contributed by atoms with Gasteiger partial charge in [0.05, 0.1) is 11.9 Å². The first kappa shape index (κ1) is 17.8. The summed E-state index contributed by atoms with van der Waals surface area (Å²) >= 11 is 0. The summed E-state index contributed by atoms with van der Waals surface area (Å²) in [6, 6.07) is 28.8. The van der Waals surface area contributed by atoms with E-state index in [0.717, 1.165) is 22.5 Å². The second kappa shape index (κ2) is 7.97. The number of nitrogens with zero attached hydrogens (tertiary/aromatic N) is 6. The van der Waals surface area contributed by atoms with Gasteiger partial charge in [0.15, 0.2) is 0 Å². The maximum absolute atomic E-state index is 4.84. The van der Waals surface area contributed by atoms with Gasteiger partial charge in [-0.2, -0.15) is 10.2 Å². The average Bonchev–Trinajstić information content (AvgIpc) is 3.49. The molecular formula is C24H18N6. The van der Waals surface area contributed by atoms with Crippen LogP contribution in [0.15, 0.2) is 109 Å². The van der Waals surface area contributed by atoms with E-state index in [9.17, 15) is 0 Å². The lowest BCUT2D eigenvalue weighted by Gasteiger charge is -2.04. The molecule has 6 nitrogen and oxygen atoms in total. The molecule has 0 aliphatic rings. The van der Waals surface area contributed by atoms with Crippen LogP contribution in [0.25, 0.3) is 28.1 Å². The fourth-order valence-electron chi connectivity index (χ4n) is 3.25. The Labute approximate surface area is 173 Å². The minimum absolute atomic E-state index is 0.857. The molecule has 0 radical (unpaired) electrons. The largest absolute Gasteiger partial charge is 0.240 e. The first-order chi connectivity index (χ1) is 14.9. The van der Waals surface area contributed by atoms with Crippen molar-refractivity contribution in [3.63, 3.8) is 0 Å². The lowest BCUT2D eigenvalue weighted by atomic mass is 10.0. The Morgan fingerprint density at radius 1 is 0.667 bits per heavy atom. The van der Waals surface area contributed by atoms with Crippen molar-refractivity contribution in [2.45, 2.75) is 0 Å². The summed E-state index contributed by atoms with van der Waals surface area (Å²) in [7, 11) is 0. The van der Waals surface area contributed by atoms with Gasteiger partial charge >= 0.3 is 0 Å². The van der Waals surface area contributed by atoms with E-state index in [1.807, 2.05) is 59.4 Å². The van der Waals surface area contributed by atoms with Crippen LogP contribution in [0.2, 0.25) is 0 Å². The third-order valence-electron chi connectivity index (χ3n) is 4.77. The standard InChI is InChI=1S/C24H18N6/c1-3-7-19(8-4-1)20-11-13-21(14-12-20)24-22(15-27-29-17-25-26-18-29)16-30(28-24)23-9-5-2-6-10-23/h1-18H/b27-15-. The molecule has 0 fully saturated rings. The van der Waals surface area contributed by atoms with Crippen molar-refractivity contribution >= 4 is 6.21 Å². The molecular weight excluding hydrogens is 372 g/mol. The van der Waals surface area contributed by atoms with Crippen LogP contribution in [0, 0.1) is 0 Å².